The van der Waals surface area contributed by atoms with E-state index in [1.54, 1.807) is 4.90 Å². The van der Waals surface area contributed by atoms with E-state index in [0.29, 0.717) is 13.0 Å². The van der Waals surface area contributed by atoms with Gasteiger partial charge in [-0.15, -0.1) is 0 Å². The van der Waals surface area contributed by atoms with Crippen LogP contribution < -0.4 is 0 Å². The summed E-state index contributed by atoms with van der Waals surface area (Å²) in [6.07, 6.45) is 1.37. The van der Waals surface area contributed by atoms with Gasteiger partial charge in [-0.2, -0.15) is 0 Å². The Morgan fingerprint density at radius 2 is 2.07 bits per heavy atom. The minimum Gasteiger partial charge on any atom is -0.338 e. The Labute approximate surface area is 165 Å². The molecule has 0 unspecified atom stereocenters. The predicted molar refractivity (Wildman–Crippen MR) is 111 cm³/mol. The number of fused-ring (bicyclic) bond motifs is 1. The van der Waals surface area contributed by atoms with Crippen LogP contribution in [0.1, 0.15) is 30.9 Å². The van der Waals surface area contributed by atoms with Crippen molar-refractivity contribution in [2.24, 2.45) is 0 Å². The van der Waals surface area contributed by atoms with Gasteiger partial charge in [0.1, 0.15) is 0 Å². The maximum Gasteiger partial charge on any atom is 0.233 e. The Bertz CT molecular complexity index is 957. The summed E-state index contributed by atoms with van der Waals surface area (Å²) in [5.41, 5.74) is 3.24. The molecular formula is C20H26N2O3S2. The smallest absolute Gasteiger partial charge is 0.233 e. The van der Waals surface area contributed by atoms with Gasteiger partial charge >= 0.3 is 0 Å². The highest BCUT2D eigenvalue weighted by molar-refractivity contribution is 7.99. The predicted octanol–water partition coefficient (Wildman–Crippen LogP) is 3.37. The van der Waals surface area contributed by atoms with Crippen molar-refractivity contribution in [1.82, 2.24) is 9.88 Å². The molecule has 1 aromatic heterocycles. The van der Waals surface area contributed by atoms with Crippen LogP contribution in [0.5, 0.6) is 0 Å². The summed E-state index contributed by atoms with van der Waals surface area (Å²) in [6.45, 7) is 6.71. The molecule has 1 aliphatic heterocycles. The van der Waals surface area contributed by atoms with Crippen molar-refractivity contribution in [3.63, 3.8) is 0 Å². The van der Waals surface area contributed by atoms with E-state index < -0.39 is 9.84 Å². The van der Waals surface area contributed by atoms with E-state index in [0.717, 1.165) is 33.5 Å². The summed E-state index contributed by atoms with van der Waals surface area (Å²) in [6, 6.07) is 7.97. The Kier molecular flexibility index (Phi) is 6.11. The summed E-state index contributed by atoms with van der Waals surface area (Å²) in [5, 5.41) is 1.97. The molecule has 146 valence electrons. The average Bonchev–Trinajstić information content (AvgIpc) is 2.98. The van der Waals surface area contributed by atoms with Crippen molar-refractivity contribution < 1.29 is 13.2 Å². The zero-order valence-electron chi connectivity index (χ0n) is 16.1. The van der Waals surface area contributed by atoms with Crippen LogP contribution in [0.15, 0.2) is 29.3 Å². The van der Waals surface area contributed by atoms with Gasteiger partial charge < -0.3 is 4.90 Å². The Morgan fingerprint density at radius 3 is 2.74 bits per heavy atom. The lowest BCUT2D eigenvalue weighted by Gasteiger charge is -2.27. The SMILES string of the molecule is CCCN(C(=O)CSc1cc(C)c2cccc(C)c2n1)[C@@H]1CCS(=O)(=O)C1. The van der Waals surface area contributed by atoms with E-state index in [-0.39, 0.29) is 29.2 Å². The van der Waals surface area contributed by atoms with Crippen LogP contribution in [0.3, 0.4) is 0 Å². The van der Waals surface area contributed by atoms with E-state index in [1.807, 2.05) is 32.0 Å². The number of aryl methyl sites for hydroxylation is 2. The maximum atomic E-state index is 12.8. The maximum absolute atomic E-state index is 12.8. The number of rotatable bonds is 6. The molecule has 7 heteroatoms. The second kappa shape index (κ2) is 8.19. The normalized spacial score (nSPS) is 18.7. The number of sulfone groups is 1. The molecule has 3 rings (SSSR count). The van der Waals surface area contributed by atoms with E-state index in [1.165, 1.54) is 11.8 Å². The van der Waals surface area contributed by atoms with Gasteiger partial charge in [0.05, 0.1) is 27.8 Å². The molecule has 2 heterocycles. The van der Waals surface area contributed by atoms with E-state index in [4.69, 9.17) is 4.98 Å². The van der Waals surface area contributed by atoms with Gasteiger partial charge in [-0.05, 0) is 43.9 Å². The average molecular weight is 407 g/mol. The highest BCUT2D eigenvalue weighted by atomic mass is 32.2. The summed E-state index contributed by atoms with van der Waals surface area (Å²) in [7, 11) is -3.01. The first-order chi connectivity index (χ1) is 12.8. The van der Waals surface area contributed by atoms with Crippen LogP contribution in [-0.4, -0.2) is 54.1 Å². The van der Waals surface area contributed by atoms with Gasteiger partial charge in [0, 0.05) is 18.0 Å². The fourth-order valence-corrected chi connectivity index (χ4v) is 6.18. The van der Waals surface area contributed by atoms with Crippen molar-refractivity contribution in [3.05, 3.63) is 35.4 Å². The van der Waals surface area contributed by atoms with E-state index >= 15 is 0 Å². The molecule has 1 fully saturated rings. The molecule has 1 saturated heterocycles. The lowest BCUT2D eigenvalue weighted by molar-refractivity contribution is -0.130. The van der Waals surface area contributed by atoms with Gasteiger partial charge in [-0.25, -0.2) is 13.4 Å². The highest BCUT2D eigenvalue weighted by Gasteiger charge is 2.34. The van der Waals surface area contributed by atoms with Crippen molar-refractivity contribution in [2.75, 3.05) is 23.8 Å². The second-order valence-electron chi connectivity index (χ2n) is 7.18. The summed E-state index contributed by atoms with van der Waals surface area (Å²) < 4.78 is 23.6. The molecule has 0 radical (unpaired) electrons. The molecular weight excluding hydrogens is 380 g/mol. The van der Waals surface area contributed by atoms with Crippen molar-refractivity contribution in [2.45, 2.75) is 44.7 Å². The van der Waals surface area contributed by atoms with Gasteiger partial charge in [0.2, 0.25) is 5.91 Å². The first-order valence-electron chi connectivity index (χ1n) is 9.30. The number of carbonyl (C=O) groups is 1. The van der Waals surface area contributed by atoms with E-state index in [9.17, 15) is 13.2 Å². The number of thioether (sulfide) groups is 1. The molecule has 1 atom stereocenters. The van der Waals surface area contributed by atoms with Crippen molar-refractivity contribution in [3.8, 4) is 0 Å². The Balaban J connectivity index is 1.74. The topological polar surface area (TPSA) is 67.3 Å². The summed E-state index contributed by atoms with van der Waals surface area (Å²) >= 11 is 1.43. The lowest BCUT2D eigenvalue weighted by atomic mass is 10.1. The monoisotopic (exact) mass is 406 g/mol. The van der Waals surface area contributed by atoms with Crippen molar-refractivity contribution in [1.29, 1.82) is 0 Å². The molecule has 0 bridgehead atoms. The number of amides is 1. The molecule has 0 N–H and O–H groups in total. The number of hydrogen-bond acceptors (Lipinski definition) is 5. The molecule has 27 heavy (non-hydrogen) atoms. The first kappa shape index (κ1) is 20.1. The number of pyridine rings is 1. The molecule has 0 spiro atoms. The molecule has 5 nitrogen and oxygen atoms in total. The quantitative estimate of drug-likeness (QED) is 0.688. The number of benzene rings is 1. The second-order valence-corrected chi connectivity index (χ2v) is 10.4. The molecule has 0 aliphatic carbocycles. The van der Waals surface area contributed by atoms with Crippen LogP contribution in [0.25, 0.3) is 10.9 Å². The minimum atomic E-state index is -3.01. The molecule has 1 aliphatic rings. The molecule has 1 aromatic carbocycles. The Hall–Kier alpha value is -1.60. The molecule has 0 saturated carbocycles. The first-order valence-corrected chi connectivity index (χ1v) is 12.1. The van der Waals surface area contributed by atoms with Crippen LogP contribution in [0.2, 0.25) is 0 Å². The number of hydrogen-bond donors (Lipinski definition) is 0. The minimum absolute atomic E-state index is 0.00622. The number of nitrogens with zero attached hydrogens (tertiary/aromatic N) is 2. The van der Waals surface area contributed by atoms with Crippen LogP contribution >= 0.6 is 11.8 Å². The third-order valence-corrected chi connectivity index (χ3v) is 7.65. The van der Waals surface area contributed by atoms with Gasteiger partial charge in [-0.1, -0.05) is 36.9 Å². The number of aromatic nitrogens is 1. The Morgan fingerprint density at radius 1 is 1.30 bits per heavy atom. The standard InChI is InChI=1S/C20H26N2O3S2/c1-4-9-22(16-8-10-27(24,25)13-16)19(23)12-26-18-11-15(3)17-7-5-6-14(2)20(17)21-18/h5-7,11,16H,4,8-10,12-13H2,1-3H3/t16-/m1/s1. The largest absolute Gasteiger partial charge is 0.338 e. The van der Waals surface area contributed by atoms with Crippen LogP contribution in [0.4, 0.5) is 0 Å². The van der Waals surface area contributed by atoms with Gasteiger partial charge in [-0.3, -0.25) is 4.79 Å². The van der Waals surface area contributed by atoms with Gasteiger partial charge in [0.15, 0.2) is 9.84 Å². The lowest BCUT2D eigenvalue weighted by Crippen LogP contribution is -2.42. The van der Waals surface area contributed by atoms with Crippen molar-refractivity contribution >= 4 is 38.4 Å². The number of para-hydroxylation sites is 1. The van der Waals surface area contributed by atoms with Crippen LogP contribution in [-0.2, 0) is 14.6 Å². The third-order valence-electron chi connectivity index (χ3n) is 5.00. The zero-order valence-corrected chi connectivity index (χ0v) is 17.7. The third kappa shape index (κ3) is 4.63. The van der Waals surface area contributed by atoms with E-state index in [2.05, 4.69) is 13.0 Å². The number of carbonyl (C=O) groups excluding carboxylic acids is 1. The molecule has 2 aromatic rings. The van der Waals surface area contributed by atoms with Gasteiger partial charge in [0.25, 0.3) is 0 Å². The van der Waals surface area contributed by atoms with Crippen LogP contribution in [0, 0.1) is 13.8 Å². The molecule has 1 amide bonds. The fourth-order valence-electron chi connectivity index (χ4n) is 3.60. The fraction of sp³-hybridized carbons (Fsp3) is 0.500. The summed E-state index contributed by atoms with van der Waals surface area (Å²) in [4.78, 5) is 19.3. The summed E-state index contributed by atoms with van der Waals surface area (Å²) in [5.74, 6) is 0.549. The highest BCUT2D eigenvalue weighted by Crippen LogP contribution is 2.26. The zero-order chi connectivity index (χ0) is 19.6.